The van der Waals surface area contributed by atoms with Crippen molar-refractivity contribution < 1.29 is 12.8 Å². The monoisotopic (exact) mass is 301 g/mol. The van der Waals surface area contributed by atoms with Gasteiger partial charge in [0, 0.05) is 6.20 Å². The van der Waals surface area contributed by atoms with Crippen molar-refractivity contribution in [3.63, 3.8) is 0 Å². The fourth-order valence-corrected chi connectivity index (χ4v) is 2.59. The third-order valence-corrected chi connectivity index (χ3v) is 3.91. The molecule has 1 heterocycles. The van der Waals surface area contributed by atoms with Gasteiger partial charge in [-0.25, -0.2) is 17.8 Å². The van der Waals surface area contributed by atoms with E-state index in [-0.39, 0.29) is 21.4 Å². The molecule has 0 fully saturated rings. The lowest BCUT2D eigenvalue weighted by molar-refractivity contribution is 0.598. The molecule has 0 saturated carbocycles. The van der Waals surface area contributed by atoms with E-state index in [1.54, 1.807) is 0 Å². The van der Waals surface area contributed by atoms with Crippen LogP contribution in [-0.2, 0) is 10.0 Å². The summed E-state index contributed by atoms with van der Waals surface area (Å²) in [6.07, 6.45) is 1.05. The number of pyridine rings is 1. The molecule has 0 atom stereocenters. The first-order valence-electron chi connectivity index (χ1n) is 5.08. The van der Waals surface area contributed by atoms with Gasteiger partial charge in [0.05, 0.1) is 10.7 Å². The number of benzene rings is 1. The molecule has 5 nitrogen and oxygen atoms in total. The molecule has 2 rings (SSSR count). The number of nitrogens with zero attached hydrogens (tertiary/aromatic N) is 1. The first-order valence-corrected chi connectivity index (χ1v) is 6.94. The van der Waals surface area contributed by atoms with E-state index in [1.807, 2.05) is 0 Å². The molecule has 0 aliphatic carbocycles. The molecule has 2 aromatic rings. The van der Waals surface area contributed by atoms with Gasteiger partial charge in [0.1, 0.15) is 16.5 Å². The van der Waals surface area contributed by atoms with Crippen LogP contribution >= 0.6 is 11.6 Å². The van der Waals surface area contributed by atoms with Crippen molar-refractivity contribution in [1.29, 1.82) is 0 Å². The van der Waals surface area contributed by atoms with Gasteiger partial charge in [-0.1, -0.05) is 23.7 Å². The van der Waals surface area contributed by atoms with Crippen LogP contribution in [0.25, 0.3) is 0 Å². The fraction of sp³-hybridized carbons (Fsp3) is 0. The fourth-order valence-electron chi connectivity index (χ4n) is 1.33. The zero-order chi connectivity index (χ0) is 14.0. The number of nitrogens with one attached hydrogen (secondary N) is 1. The zero-order valence-electron chi connectivity index (χ0n) is 9.47. The Labute approximate surface area is 114 Å². The van der Waals surface area contributed by atoms with Gasteiger partial charge in [-0.15, -0.1) is 0 Å². The molecule has 1 aromatic carbocycles. The van der Waals surface area contributed by atoms with Crippen LogP contribution in [0, 0.1) is 5.82 Å². The summed E-state index contributed by atoms with van der Waals surface area (Å²) in [4.78, 5) is 3.44. The van der Waals surface area contributed by atoms with Gasteiger partial charge < -0.3 is 5.73 Å². The molecule has 0 saturated heterocycles. The summed E-state index contributed by atoms with van der Waals surface area (Å²) in [7, 11) is -3.97. The zero-order valence-corrected chi connectivity index (χ0v) is 11.0. The van der Waals surface area contributed by atoms with Crippen LogP contribution in [-0.4, -0.2) is 13.4 Å². The highest BCUT2D eigenvalue weighted by Crippen LogP contribution is 2.22. The number of aromatic nitrogens is 1. The molecule has 100 valence electrons. The molecule has 0 amide bonds. The minimum absolute atomic E-state index is 0.0106. The van der Waals surface area contributed by atoms with E-state index in [0.717, 1.165) is 18.3 Å². The molecule has 3 N–H and O–H groups in total. The Hall–Kier alpha value is -1.86. The average Bonchev–Trinajstić information content (AvgIpc) is 2.35. The number of sulfonamides is 1. The summed E-state index contributed by atoms with van der Waals surface area (Å²) in [6.45, 7) is 0. The van der Waals surface area contributed by atoms with Crippen molar-refractivity contribution in [3.8, 4) is 0 Å². The number of hydrogen-bond donors (Lipinski definition) is 2. The second kappa shape index (κ2) is 5.02. The van der Waals surface area contributed by atoms with Crippen molar-refractivity contribution >= 4 is 33.1 Å². The lowest BCUT2D eigenvalue weighted by Crippen LogP contribution is -2.14. The van der Waals surface area contributed by atoms with Gasteiger partial charge in [-0.05, 0) is 18.2 Å². The Morgan fingerprint density at radius 2 is 2.00 bits per heavy atom. The van der Waals surface area contributed by atoms with Gasteiger partial charge >= 0.3 is 0 Å². The summed E-state index contributed by atoms with van der Waals surface area (Å²) in [5, 5.41) is 0.0106. The number of hydrogen-bond acceptors (Lipinski definition) is 4. The number of anilines is 2. The van der Waals surface area contributed by atoms with Crippen LogP contribution in [0.5, 0.6) is 0 Å². The minimum atomic E-state index is -3.97. The van der Waals surface area contributed by atoms with E-state index in [1.165, 1.54) is 18.2 Å². The topological polar surface area (TPSA) is 85.1 Å². The summed E-state index contributed by atoms with van der Waals surface area (Å²) in [5.41, 5.74) is 5.23. The quantitative estimate of drug-likeness (QED) is 0.910. The number of nitrogens with two attached hydrogens (primary N) is 1. The highest BCUT2D eigenvalue weighted by Gasteiger charge is 2.17. The van der Waals surface area contributed by atoms with Gasteiger partial charge in [0.2, 0.25) is 0 Å². The largest absolute Gasteiger partial charge is 0.382 e. The van der Waals surface area contributed by atoms with Crippen LogP contribution in [0.3, 0.4) is 0 Å². The van der Waals surface area contributed by atoms with Crippen molar-refractivity contribution in [3.05, 3.63) is 47.4 Å². The highest BCUT2D eigenvalue weighted by molar-refractivity contribution is 7.92. The van der Waals surface area contributed by atoms with E-state index in [4.69, 9.17) is 17.3 Å². The Morgan fingerprint density at radius 1 is 1.32 bits per heavy atom. The Morgan fingerprint density at radius 3 is 2.63 bits per heavy atom. The lowest BCUT2D eigenvalue weighted by Gasteiger charge is -2.09. The van der Waals surface area contributed by atoms with E-state index < -0.39 is 15.8 Å². The molecule has 0 aliphatic heterocycles. The van der Waals surface area contributed by atoms with Crippen LogP contribution < -0.4 is 10.5 Å². The van der Waals surface area contributed by atoms with Crippen molar-refractivity contribution in [2.75, 3.05) is 10.5 Å². The third-order valence-electron chi connectivity index (χ3n) is 2.27. The predicted molar refractivity (Wildman–Crippen MR) is 70.9 cm³/mol. The second-order valence-corrected chi connectivity index (χ2v) is 5.71. The summed E-state index contributed by atoms with van der Waals surface area (Å²) >= 11 is 5.70. The highest BCUT2D eigenvalue weighted by atomic mass is 35.5. The van der Waals surface area contributed by atoms with E-state index in [9.17, 15) is 12.8 Å². The number of para-hydroxylation sites is 1. The Kier molecular flexibility index (Phi) is 3.59. The molecule has 8 heteroatoms. The Balaban J connectivity index is 2.38. The lowest BCUT2D eigenvalue weighted by atomic mass is 10.3. The molecule has 0 unspecified atom stereocenters. The molecular formula is C11H9ClFN3O2S. The average molecular weight is 302 g/mol. The Bertz CT molecular complexity index is 722. The molecule has 0 aliphatic rings. The molecular weight excluding hydrogens is 293 g/mol. The number of nitrogen functional groups attached to an aromatic ring is 1. The molecule has 0 spiro atoms. The van der Waals surface area contributed by atoms with Gasteiger partial charge in [0.15, 0.2) is 0 Å². The van der Waals surface area contributed by atoms with Crippen molar-refractivity contribution in [1.82, 2.24) is 4.98 Å². The smallest absolute Gasteiger partial charge is 0.263 e. The summed E-state index contributed by atoms with van der Waals surface area (Å²) in [6, 6.07) is 6.56. The van der Waals surface area contributed by atoms with Gasteiger partial charge in [-0.3, -0.25) is 4.72 Å². The standard InChI is InChI=1S/C11H9ClFN3O2S/c12-8-5-7(6-15-11(8)14)19(17,18)16-10-4-2-1-3-9(10)13/h1-6,16H,(H2,14,15). The second-order valence-electron chi connectivity index (χ2n) is 3.62. The van der Waals surface area contributed by atoms with Crippen molar-refractivity contribution in [2.24, 2.45) is 0 Å². The number of rotatable bonds is 3. The predicted octanol–water partition coefficient (Wildman–Crippen LogP) is 2.26. The molecule has 0 bridgehead atoms. The van der Waals surface area contributed by atoms with Crippen LogP contribution in [0.2, 0.25) is 5.02 Å². The first kappa shape index (κ1) is 13.6. The normalized spacial score (nSPS) is 11.3. The molecule has 1 aromatic heterocycles. The van der Waals surface area contributed by atoms with Crippen LogP contribution in [0.4, 0.5) is 15.9 Å². The van der Waals surface area contributed by atoms with E-state index >= 15 is 0 Å². The third kappa shape index (κ3) is 2.94. The maximum atomic E-state index is 13.4. The van der Waals surface area contributed by atoms with Gasteiger partial charge in [0.25, 0.3) is 10.0 Å². The van der Waals surface area contributed by atoms with Crippen LogP contribution in [0.15, 0.2) is 41.4 Å². The summed E-state index contributed by atoms with van der Waals surface area (Å²) < 4.78 is 39.5. The first-order chi connectivity index (χ1) is 8.90. The molecule has 0 radical (unpaired) electrons. The maximum absolute atomic E-state index is 13.4. The SMILES string of the molecule is Nc1ncc(S(=O)(=O)Nc2ccccc2F)cc1Cl. The minimum Gasteiger partial charge on any atom is -0.382 e. The number of halogens is 2. The maximum Gasteiger partial charge on any atom is 0.263 e. The van der Waals surface area contributed by atoms with Crippen LogP contribution in [0.1, 0.15) is 0 Å². The van der Waals surface area contributed by atoms with Crippen molar-refractivity contribution in [2.45, 2.75) is 4.90 Å². The summed E-state index contributed by atoms with van der Waals surface area (Å²) in [5.74, 6) is -0.660. The van der Waals surface area contributed by atoms with Gasteiger partial charge in [-0.2, -0.15) is 0 Å². The van der Waals surface area contributed by atoms with E-state index in [2.05, 4.69) is 9.71 Å². The molecule has 19 heavy (non-hydrogen) atoms. The van der Waals surface area contributed by atoms with E-state index in [0.29, 0.717) is 0 Å².